The summed E-state index contributed by atoms with van der Waals surface area (Å²) in [5.41, 5.74) is 0.851. The highest BCUT2D eigenvalue weighted by Crippen LogP contribution is 2.13. The van der Waals surface area contributed by atoms with E-state index in [1.54, 1.807) is 0 Å². The van der Waals surface area contributed by atoms with Crippen LogP contribution in [0.5, 0.6) is 11.9 Å². The predicted molar refractivity (Wildman–Crippen MR) is 66.6 cm³/mol. The van der Waals surface area contributed by atoms with Crippen LogP contribution in [0, 0.1) is 6.92 Å². The summed E-state index contributed by atoms with van der Waals surface area (Å²) in [5.74, 6) is 0.581. The van der Waals surface area contributed by atoms with Gasteiger partial charge < -0.3 is 14.8 Å². The Bertz CT molecular complexity index is 332. The number of likely N-dealkylation sites (N-methyl/N-ethyl adjacent to an activating group) is 1. The van der Waals surface area contributed by atoms with E-state index < -0.39 is 0 Å². The molecule has 96 valence electrons. The van der Waals surface area contributed by atoms with Gasteiger partial charge in [0, 0.05) is 18.3 Å². The van der Waals surface area contributed by atoms with Crippen LogP contribution in [-0.2, 0) is 0 Å². The third-order valence-corrected chi connectivity index (χ3v) is 2.02. The third-order valence-electron chi connectivity index (χ3n) is 2.02. The maximum atomic E-state index is 5.46. The van der Waals surface area contributed by atoms with Crippen molar-refractivity contribution in [3.05, 3.63) is 11.8 Å². The molecule has 0 aromatic carbocycles. The first-order chi connectivity index (χ1) is 8.26. The molecule has 1 aromatic rings. The van der Waals surface area contributed by atoms with E-state index in [1.807, 2.05) is 13.0 Å². The van der Waals surface area contributed by atoms with Gasteiger partial charge in [0.1, 0.15) is 6.61 Å². The lowest BCUT2D eigenvalue weighted by molar-refractivity contribution is 0.269. The van der Waals surface area contributed by atoms with Gasteiger partial charge in [0.15, 0.2) is 0 Å². The van der Waals surface area contributed by atoms with Crippen molar-refractivity contribution in [1.82, 2.24) is 15.3 Å². The molecule has 0 amide bonds. The molecule has 1 rings (SSSR count). The van der Waals surface area contributed by atoms with Gasteiger partial charge in [-0.3, -0.25) is 0 Å². The van der Waals surface area contributed by atoms with Gasteiger partial charge in [-0.1, -0.05) is 13.8 Å². The summed E-state index contributed by atoms with van der Waals surface area (Å²) in [7, 11) is 0. The van der Waals surface area contributed by atoms with E-state index in [-0.39, 0.29) is 0 Å². The summed E-state index contributed by atoms with van der Waals surface area (Å²) < 4.78 is 10.9. The van der Waals surface area contributed by atoms with Crippen molar-refractivity contribution in [2.75, 3.05) is 26.3 Å². The maximum Gasteiger partial charge on any atom is 0.319 e. The number of hydrogen-bond acceptors (Lipinski definition) is 5. The van der Waals surface area contributed by atoms with Crippen molar-refractivity contribution < 1.29 is 9.47 Å². The molecule has 0 atom stereocenters. The zero-order valence-electron chi connectivity index (χ0n) is 10.8. The Hall–Kier alpha value is -1.36. The van der Waals surface area contributed by atoms with E-state index >= 15 is 0 Å². The SMILES string of the molecule is CCCOc1cc(C)nc(OCCNCC)n1. The molecule has 1 aromatic heterocycles. The molecule has 0 saturated heterocycles. The average molecular weight is 239 g/mol. The van der Waals surface area contributed by atoms with Gasteiger partial charge in [-0.05, 0) is 19.9 Å². The predicted octanol–water partition coefficient (Wildman–Crippen LogP) is 1.56. The molecule has 0 bridgehead atoms. The molecule has 5 nitrogen and oxygen atoms in total. The molecular weight excluding hydrogens is 218 g/mol. The van der Waals surface area contributed by atoms with Crippen molar-refractivity contribution in [1.29, 1.82) is 0 Å². The maximum absolute atomic E-state index is 5.46. The number of nitrogens with one attached hydrogen (secondary N) is 1. The van der Waals surface area contributed by atoms with E-state index in [0.717, 1.165) is 25.2 Å². The minimum Gasteiger partial charge on any atom is -0.478 e. The van der Waals surface area contributed by atoms with Gasteiger partial charge in [-0.2, -0.15) is 4.98 Å². The quantitative estimate of drug-likeness (QED) is 0.698. The van der Waals surface area contributed by atoms with Crippen LogP contribution in [0.1, 0.15) is 26.0 Å². The highest BCUT2D eigenvalue weighted by atomic mass is 16.5. The Balaban J connectivity index is 2.50. The molecule has 0 fully saturated rings. The summed E-state index contributed by atoms with van der Waals surface area (Å²) in [4.78, 5) is 8.38. The van der Waals surface area contributed by atoms with Gasteiger partial charge in [-0.15, -0.1) is 0 Å². The van der Waals surface area contributed by atoms with Gasteiger partial charge in [0.05, 0.1) is 6.61 Å². The van der Waals surface area contributed by atoms with Crippen LogP contribution in [0.15, 0.2) is 6.07 Å². The monoisotopic (exact) mass is 239 g/mol. The van der Waals surface area contributed by atoms with Crippen molar-refractivity contribution in [3.8, 4) is 11.9 Å². The highest BCUT2D eigenvalue weighted by molar-refractivity contribution is 5.17. The molecule has 1 N–H and O–H groups in total. The molecule has 0 aliphatic heterocycles. The lowest BCUT2D eigenvalue weighted by Gasteiger charge is -2.08. The Kier molecular flexibility index (Phi) is 6.32. The minimum atomic E-state index is 0.383. The summed E-state index contributed by atoms with van der Waals surface area (Å²) in [5, 5.41) is 3.17. The smallest absolute Gasteiger partial charge is 0.319 e. The molecule has 0 aliphatic rings. The summed E-state index contributed by atoms with van der Waals surface area (Å²) >= 11 is 0. The van der Waals surface area contributed by atoms with Gasteiger partial charge in [-0.25, -0.2) is 4.98 Å². The second kappa shape index (κ2) is 7.84. The lowest BCUT2D eigenvalue weighted by Crippen LogP contribution is -2.21. The normalized spacial score (nSPS) is 10.3. The Morgan fingerprint density at radius 3 is 2.71 bits per heavy atom. The van der Waals surface area contributed by atoms with E-state index in [1.165, 1.54) is 0 Å². The number of aromatic nitrogens is 2. The van der Waals surface area contributed by atoms with Crippen molar-refractivity contribution in [2.24, 2.45) is 0 Å². The van der Waals surface area contributed by atoms with Crippen LogP contribution in [0.4, 0.5) is 0 Å². The second-order valence-electron chi connectivity index (χ2n) is 3.68. The number of nitrogens with zero attached hydrogens (tertiary/aromatic N) is 2. The molecule has 0 spiro atoms. The Morgan fingerprint density at radius 2 is 2.00 bits per heavy atom. The zero-order chi connectivity index (χ0) is 12.5. The van der Waals surface area contributed by atoms with E-state index in [2.05, 4.69) is 29.1 Å². The van der Waals surface area contributed by atoms with Gasteiger partial charge >= 0.3 is 6.01 Å². The van der Waals surface area contributed by atoms with Crippen LogP contribution in [-0.4, -0.2) is 36.3 Å². The molecule has 0 unspecified atom stereocenters. The first-order valence-corrected chi connectivity index (χ1v) is 6.08. The van der Waals surface area contributed by atoms with Crippen LogP contribution in [0.25, 0.3) is 0 Å². The molecule has 17 heavy (non-hydrogen) atoms. The van der Waals surface area contributed by atoms with Crippen LogP contribution in [0.2, 0.25) is 0 Å². The highest BCUT2D eigenvalue weighted by Gasteiger charge is 2.03. The van der Waals surface area contributed by atoms with Crippen molar-refractivity contribution in [2.45, 2.75) is 27.2 Å². The van der Waals surface area contributed by atoms with E-state index in [4.69, 9.17) is 9.47 Å². The van der Waals surface area contributed by atoms with Crippen LogP contribution in [0.3, 0.4) is 0 Å². The fraction of sp³-hybridized carbons (Fsp3) is 0.667. The van der Waals surface area contributed by atoms with Gasteiger partial charge in [0.2, 0.25) is 5.88 Å². The molecule has 5 heteroatoms. The zero-order valence-corrected chi connectivity index (χ0v) is 10.8. The fourth-order valence-electron chi connectivity index (χ4n) is 1.25. The number of ether oxygens (including phenoxy) is 2. The first-order valence-electron chi connectivity index (χ1n) is 6.08. The minimum absolute atomic E-state index is 0.383. The third kappa shape index (κ3) is 5.49. The topological polar surface area (TPSA) is 56.3 Å². The summed E-state index contributed by atoms with van der Waals surface area (Å²) in [6.45, 7) is 8.96. The van der Waals surface area contributed by atoms with E-state index in [0.29, 0.717) is 25.1 Å². The Labute approximate surface area is 103 Å². The first kappa shape index (κ1) is 13.7. The summed E-state index contributed by atoms with van der Waals surface area (Å²) in [6, 6.07) is 2.20. The Morgan fingerprint density at radius 1 is 1.18 bits per heavy atom. The van der Waals surface area contributed by atoms with Crippen molar-refractivity contribution in [3.63, 3.8) is 0 Å². The molecule has 0 radical (unpaired) electrons. The van der Waals surface area contributed by atoms with E-state index in [9.17, 15) is 0 Å². The molecule has 1 heterocycles. The molecule has 0 aliphatic carbocycles. The molecule has 0 saturated carbocycles. The largest absolute Gasteiger partial charge is 0.478 e. The number of rotatable bonds is 8. The number of hydrogen-bond donors (Lipinski definition) is 1. The van der Waals surface area contributed by atoms with Crippen molar-refractivity contribution >= 4 is 0 Å². The number of aryl methyl sites for hydroxylation is 1. The lowest BCUT2D eigenvalue weighted by atomic mass is 10.4. The molecular formula is C12H21N3O2. The average Bonchev–Trinajstić information content (AvgIpc) is 2.31. The van der Waals surface area contributed by atoms with Crippen LogP contribution < -0.4 is 14.8 Å². The van der Waals surface area contributed by atoms with Gasteiger partial charge in [0.25, 0.3) is 0 Å². The van der Waals surface area contributed by atoms with Crippen LogP contribution >= 0.6 is 0 Å². The fourth-order valence-corrected chi connectivity index (χ4v) is 1.25. The second-order valence-corrected chi connectivity index (χ2v) is 3.68. The summed E-state index contributed by atoms with van der Waals surface area (Å²) in [6.07, 6.45) is 0.958. The standard InChI is InChI=1S/C12H21N3O2/c1-4-7-16-11-9-10(3)14-12(15-11)17-8-6-13-5-2/h9,13H,4-8H2,1-3H3.